The molecule has 2 aromatic heterocycles. The molecule has 124 valence electrons. The Hall–Kier alpha value is -2.26. The minimum atomic E-state index is -0.239. The van der Waals surface area contributed by atoms with E-state index in [2.05, 4.69) is 32.0 Å². The van der Waals surface area contributed by atoms with Gasteiger partial charge in [0.15, 0.2) is 0 Å². The highest BCUT2D eigenvalue weighted by molar-refractivity contribution is 9.10. The summed E-state index contributed by atoms with van der Waals surface area (Å²) in [5.74, 6) is -0.239. The van der Waals surface area contributed by atoms with Gasteiger partial charge in [0.2, 0.25) is 0 Å². The molecule has 0 aliphatic heterocycles. The quantitative estimate of drug-likeness (QED) is 0.727. The molecule has 2 aromatic rings. The van der Waals surface area contributed by atoms with Gasteiger partial charge in [-0.25, -0.2) is 4.98 Å². The van der Waals surface area contributed by atoms with Crippen LogP contribution in [0, 0.1) is 25.2 Å². The summed E-state index contributed by atoms with van der Waals surface area (Å²) in [6.45, 7) is 6.00. The molecule has 2 heterocycles. The summed E-state index contributed by atoms with van der Waals surface area (Å²) >= 11 is 3.46. The Morgan fingerprint density at radius 2 is 2.12 bits per heavy atom. The number of nitrogens with zero attached hydrogens (tertiary/aromatic N) is 3. The Labute approximate surface area is 149 Å². The van der Waals surface area contributed by atoms with Gasteiger partial charge in [-0.2, -0.15) is 5.26 Å². The zero-order chi connectivity index (χ0) is 17.7. The number of aromatic nitrogens is 2. The van der Waals surface area contributed by atoms with Crippen LogP contribution in [0.3, 0.4) is 0 Å². The van der Waals surface area contributed by atoms with Gasteiger partial charge in [-0.05, 0) is 66.4 Å². The van der Waals surface area contributed by atoms with Crippen molar-refractivity contribution in [2.45, 2.75) is 33.6 Å². The summed E-state index contributed by atoms with van der Waals surface area (Å²) < 4.78 is 5.87. The zero-order valence-corrected chi connectivity index (χ0v) is 15.5. The van der Waals surface area contributed by atoms with Crippen LogP contribution in [0.1, 0.15) is 35.9 Å². The number of hydrogen-bond donors (Lipinski definition) is 0. The third kappa shape index (κ3) is 4.18. The van der Waals surface area contributed by atoms with Gasteiger partial charge < -0.3 is 4.74 Å². The second kappa shape index (κ2) is 8.02. The smallest absolute Gasteiger partial charge is 0.306 e. The summed E-state index contributed by atoms with van der Waals surface area (Å²) in [5, 5.41) is 9.35. The Morgan fingerprint density at radius 3 is 2.79 bits per heavy atom. The van der Waals surface area contributed by atoms with E-state index < -0.39 is 0 Å². The van der Waals surface area contributed by atoms with Crippen LogP contribution in [0.25, 0.3) is 11.3 Å². The fraction of sp³-hybridized carbons (Fsp3) is 0.333. The van der Waals surface area contributed by atoms with E-state index in [0.717, 1.165) is 27.0 Å². The van der Waals surface area contributed by atoms with Crippen LogP contribution in [0.4, 0.5) is 0 Å². The lowest BCUT2D eigenvalue weighted by Gasteiger charge is -2.11. The summed E-state index contributed by atoms with van der Waals surface area (Å²) in [5.41, 5.74) is 4.42. The fourth-order valence-corrected chi connectivity index (χ4v) is 2.77. The van der Waals surface area contributed by atoms with Gasteiger partial charge in [0.25, 0.3) is 0 Å². The Morgan fingerprint density at radius 1 is 1.38 bits per heavy atom. The van der Waals surface area contributed by atoms with Crippen LogP contribution in [0.2, 0.25) is 0 Å². The SMILES string of the molecule is CCOC(=O)CCc1cnc(C#N)c(-c2nc(C)c(Br)cc2C)c1. The molecule has 0 spiro atoms. The number of hydrogen-bond acceptors (Lipinski definition) is 5. The molecular weight excluding hydrogens is 370 g/mol. The zero-order valence-electron chi connectivity index (χ0n) is 13.9. The molecule has 0 radical (unpaired) electrons. The summed E-state index contributed by atoms with van der Waals surface area (Å²) in [4.78, 5) is 20.3. The monoisotopic (exact) mass is 387 g/mol. The average molecular weight is 388 g/mol. The van der Waals surface area contributed by atoms with Crippen LogP contribution in [-0.4, -0.2) is 22.5 Å². The molecule has 0 aliphatic carbocycles. The van der Waals surface area contributed by atoms with Crippen LogP contribution >= 0.6 is 15.9 Å². The fourth-order valence-electron chi connectivity index (χ4n) is 2.34. The molecule has 0 saturated heterocycles. The van der Waals surface area contributed by atoms with Crippen LogP contribution < -0.4 is 0 Å². The molecular formula is C18H18BrN3O2. The lowest BCUT2D eigenvalue weighted by molar-refractivity contribution is -0.143. The molecule has 0 N–H and O–H groups in total. The van der Waals surface area contributed by atoms with Crippen molar-refractivity contribution in [3.63, 3.8) is 0 Å². The van der Waals surface area contributed by atoms with Crippen molar-refractivity contribution in [1.29, 1.82) is 5.26 Å². The number of ether oxygens (including phenoxy) is 1. The molecule has 24 heavy (non-hydrogen) atoms. The molecule has 0 amide bonds. The minimum Gasteiger partial charge on any atom is -0.466 e. The molecule has 0 aliphatic rings. The predicted molar refractivity (Wildman–Crippen MR) is 94.3 cm³/mol. The molecule has 0 unspecified atom stereocenters. The minimum absolute atomic E-state index is 0.239. The van der Waals surface area contributed by atoms with Crippen LogP contribution in [0.5, 0.6) is 0 Å². The standard InChI is InChI=1S/C18H18BrN3O2/c1-4-24-17(23)6-5-13-8-14(16(9-20)21-10-13)18-11(2)7-15(19)12(3)22-18/h7-8,10H,4-6H2,1-3H3. The van der Waals surface area contributed by atoms with Crippen LogP contribution in [-0.2, 0) is 16.0 Å². The maximum atomic E-state index is 11.5. The summed E-state index contributed by atoms with van der Waals surface area (Å²) in [7, 11) is 0. The van der Waals surface area contributed by atoms with E-state index >= 15 is 0 Å². The number of esters is 1. The number of carbonyl (C=O) groups excluding carboxylic acids is 1. The van der Waals surface area contributed by atoms with Crippen LogP contribution in [0.15, 0.2) is 22.8 Å². The molecule has 5 nitrogen and oxygen atoms in total. The maximum Gasteiger partial charge on any atom is 0.306 e. The highest BCUT2D eigenvalue weighted by Crippen LogP contribution is 2.28. The normalized spacial score (nSPS) is 10.3. The van der Waals surface area contributed by atoms with E-state index in [4.69, 9.17) is 4.74 Å². The van der Waals surface area contributed by atoms with Gasteiger partial charge in [-0.1, -0.05) is 0 Å². The molecule has 0 saturated carbocycles. The topological polar surface area (TPSA) is 75.9 Å². The number of rotatable bonds is 5. The molecule has 0 atom stereocenters. The van der Waals surface area contributed by atoms with E-state index in [1.165, 1.54) is 0 Å². The molecule has 0 fully saturated rings. The Kier molecular flexibility index (Phi) is 6.04. The van der Waals surface area contributed by atoms with E-state index in [0.29, 0.717) is 24.3 Å². The second-order valence-corrected chi connectivity index (χ2v) is 6.23. The van der Waals surface area contributed by atoms with Gasteiger partial charge in [-0.3, -0.25) is 9.78 Å². The molecule has 2 rings (SSSR count). The second-order valence-electron chi connectivity index (χ2n) is 5.38. The van der Waals surface area contributed by atoms with Gasteiger partial charge in [0, 0.05) is 22.7 Å². The van der Waals surface area contributed by atoms with E-state index in [-0.39, 0.29) is 12.4 Å². The first kappa shape index (κ1) is 18.1. The number of carbonyl (C=O) groups is 1. The third-order valence-electron chi connectivity index (χ3n) is 3.57. The lowest BCUT2D eigenvalue weighted by Crippen LogP contribution is -2.06. The Bertz CT molecular complexity index is 813. The van der Waals surface area contributed by atoms with E-state index in [9.17, 15) is 10.1 Å². The van der Waals surface area contributed by atoms with Crippen molar-refractivity contribution < 1.29 is 9.53 Å². The first-order valence-corrected chi connectivity index (χ1v) is 8.44. The van der Waals surface area contributed by atoms with E-state index in [1.807, 2.05) is 26.0 Å². The summed E-state index contributed by atoms with van der Waals surface area (Å²) in [6.07, 6.45) is 2.42. The first-order valence-electron chi connectivity index (χ1n) is 7.65. The number of aryl methyl sites for hydroxylation is 3. The highest BCUT2D eigenvalue weighted by Gasteiger charge is 2.14. The largest absolute Gasteiger partial charge is 0.466 e. The number of halogens is 1. The third-order valence-corrected chi connectivity index (χ3v) is 4.37. The summed E-state index contributed by atoms with van der Waals surface area (Å²) in [6, 6.07) is 5.97. The van der Waals surface area contributed by atoms with Gasteiger partial charge >= 0.3 is 5.97 Å². The van der Waals surface area contributed by atoms with Gasteiger partial charge in [0.1, 0.15) is 11.8 Å². The number of pyridine rings is 2. The van der Waals surface area contributed by atoms with E-state index in [1.54, 1.807) is 13.1 Å². The lowest BCUT2D eigenvalue weighted by atomic mass is 10.0. The van der Waals surface area contributed by atoms with Crippen molar-refractivity contribution in [3.8, 4) is 17.3 Å². The molecule has 0 aromatic carbocycles. The van der Waals surface area contributed by atoms with Crippen molar-refractivity contribution in [3.05, 3.63) is 45.3 Å². The predicted octanol–water partition coefficient (Wildman–Crippen LogP) is 3.89. The maximum absolute atomic E-state index is 11.5. The first-order chi connectivity index (χ1) is 11.5. The van der Waals surface area contributed by atoms with Gasteiger partial charge in [-0.15, -0.1) is 0 Å². The highest BCUT2D eigenvalue weighted by atomic mass is 79.9. The van der Waals surface area contributed by atoms with Crippen molar-refractivity contribution in [2.75, 3.05) is 6.61 Å². The Balaban J connectivity index is 2.39. The van der Waals surface area contributed by atoms with Gasteiger partial charge in [0.05, 0.1) is 18.0 Å². The molecule has 0 bridgehead atoms. The molecule has 6 heteroatoms. The average Bonchev–Trinajstić information content (AvgIpc) is 2.56. The van der Waals surface area contributed by atoms with Crippen molar-refractivity contribution >= 4 is 21.9 Å². The van der Waals surface area contributed by atoms with Crippen molar-refractivity contribution in [1.82, 2.24) is 9.97 Å². The number of nitriles is 1. The van der Waals surface area contributed by atoms with Crippen molar-refractivity contribution in [2.24, 2.45) is 0 Å².